The van der Waals surface area contributed by atoms with Crippen molar-refractivity contribution < 1.29 is 9.52 Å². The van der Waals surface area contributed by atoms with Crippen LogP contribution in [0, 0.1) is 6.92 Å². The predicted molar refractivity (Wildman–Crippen MR) is 77.7 cm³/mol. The molecule has 1 aromatic heterocycles. The summed E-state index contributed by atoms with van der Waals surface area (Å²) in [6.07, 6.45) is 2.17. The second-order valence-corrected chi connectivity index (χ2v) is 5.45. The van der Waals surface area contributed by atoms with Gasteiger partial charge in [0.2, 0.25) is 0 Å². The van der Waals surface area contributed by atoms with Gasteiger partial charge in [-0.15, -0.1) is 0 Å². The number of rotatable bonds is 3. The first-order chi connectivity index (χ1) is 9.65. The number of hydrogen-bond donors (Lipinski definition) is 1. The Labute approximate surface area is 117 Å². The van der Waals surface area contributed by atoms with Crippen molar-refractivity contribution in [1.82, 2.24) is 4.90 Å². The van der Waals surface area contributed by atoms with Gasteiger partial charge in [0.1, 0.15) is 12.0 Å². The van der Waals surface area contributed by atoms with E-state index < -0.39 is 0 Å². The summed E-state index contributed by atoms with van der Waals surface area (Å²) in [6.45, 7) is 3.63. The summed E-state index contributed by atoms with van der Waals surface area (Å²) in [5, 5.41) is 11.4. The molecule has 0 spiro atoms. The first-order valence-electron chi connectivity index (χ1n) is 7.09. The molecule has 4 nitrogen and oxygen atoms in total. The summed E-state index contributed by atoms with van der Waals surface area (Å²) in [5.74, 6) is 0.691. The Morgan fingerprint density at radius 1 is 1.40 bits per heavy atom. The van der Waals surface area contributed by atoms with Crippen molar-refractivity contribution >= 4 is 10.8 Å². The second-order valence-electron chi connectivity index (χ2n) is 5.45. The summed E-state index contributed by atoms with van der Waals surface area (Å²) in [7, 11) is 0. The van der Waals surface area contributed by atoms with Crippen molar-refractivity contribution in [3.05, 3.63) is 46.0 Å². The number of aliphatic hydroxyl groups is 1. The zero-order valence-corrected chi connectivity index (χ0v) is 11.6. The molecule has 1 saturated heterocycles. The Kier molecular flexibility index (Phi) is 3.59. The molecule has 0 radical (unpaired) electrons. The van der Waals surface area contributed by atoms with Gasteiger partial charge in [-0.2, -0.15) is 0 Å². The van der Waals surface area contributed by atoms with Gasteiger partial charge in [0.05, 0.1) is 5.39 Å². The van der Waals surface area contributed by atoms with E-state index in [-0.39, 0.29) is 11.9 Å². The lowest BCUT2D eigenvalue weighted by molar-refractivity contribution is 0.0383. The second kappa shape index (κ2) is 5.38. The standard InChI is InChI=1S/C16H19NO3/c1-11-4-2-5-13-14(11)10-12(20-16(13)19)7-9-17-8-3-6-15(17)18/h2,4-5,10,15,18H,3,6-9H2,1H3. The number of fused-ring (bicyclic) bond motifs is 1. The number of nitrogens with zero attached hydrogens (tertiary/aromatic N) is 1. The van der Waals surface area contributed by atoms with Crippen molar-refractivity contribution in [1.29, 1.82) is 0 Å². The molecule has 1 N–H and O–H groups in total. The molecular weight excluding hydrogens is 254 g/mol. The van der Waals surface area contributed by atoms with Crippen LogP contribution >= 0.6 is 0 Å². The van der Waals surface area contributed by atoms with E-state index in [1.165, 1.54) is 0 Å². The molecule has 0 aliphatic carbocycles. The molecule has 106 valence electrons. The van der Waals surface area contributed by atoms with Gasteiger partial charge >= 0.3 is 5.63 Å². The lowest BCUT2D eigenvalue weighted by Crippen LogP contribution is -2.31. The third-order valence-electron chi connectivity index (χ3n) is 4.05. The highest BCUT2D eigenvalue weighted by Crippen LogP contribution is 2.18. The van der Waals surface area contributed by atoms with E-state index in [4.69, 9.17) is 4.42 Å². The van der Waals surface area contributed by atoms with E-state index in [0.29, 0.717) is 17.6 Å². The summed E-state index contributed by atoms with van der Waals surface area (Å²) < 4.78 is 5.38. The minimum atomic E-state index is -0.344. The molecule has 2 aromatic rings. The van der Waals surface area contributed by atoms with Crippen LogP contribution in [0.4, 0.5) is 0 Å². The first-order valence-corrected chi connectivity index (χ1v) is 7.09. The molecule has 1 unspecified atom stereocenters. The summed E-state index contributed by atoms with van der Waals surface area (Å²) >= 11 is 0. The van der Waals surface area contributed by atoms with Crippen molar-refractivity contribution in [3.63, 3.8) is 0 Å². The van der Waals surface area contributed by atoms with Gasteiger partial charge < -0.3 is 9.52 Å². The fourth-order valence-electron chi connectivity index (χ4n) is 2.86. The van der Waals surface area contributed by atoms with Crippen LogP contribution in [0.5, 0.6) is 0 Å². The number of benzene rings is 1. The topological polar surface area (TPSA) is 53.7 Å². The van der Waals surface area contributed by atoms with Gasteiger partial charge in [-0.1, -0.05) is 12.1 Å². The Morgan fingerprint density at radius 3 is 3.00 bits per heavy atom. The van der Waals surface area contributed by atoms with Crippen LogP contribution in [0.2, 0.25) is 0 Å². The number of aliphatic hydroxyl groups excluding tert-OH is 1. The third kappa shape index (κ3) is 2.49. The van der Waals surface area contributed by atoms with E-state index in [1.54, 1.807) is 6.07 Å². The average molecular weight is 273 g/mol. The van der Waals surface area contributed by atoms with Crippen molar-refractivity contribution in [3.8, 4) is 0 Å². The monoisotopic (exact) mass is 273 g/mol. The molecule has 1 aromatic carbocycles. The Morgan fingerprint density at radius 2 is 2.25 bits per heavy atom. The lowest BCUT2D eigenvalue weighted by atomic mass is 10.1. The summed E-state index contributed by atoms with van der Waals surface area (Å²) in [6, 6.07) is 7.61. The van der Waals surface area contributed by atoms with Crippen LogP contribution in [0.15, 0.2) is 33.5 Å². The molecule has 0 bridgehead atoms. The third-order valence-corrected chi connectivity index (χ3v) is 4.05. The molecule has 4 heteroatoms. The van der Waals surface area contributed by atoms with Crippen LogP contribution in [-0.2, 0) is 6.42 Å². The van der Waals surface area contributed by atoms with E-state index in [2.05, 4.69) is 0 Å². The lowest BCUT2D eigenvalue weighted by Gasteiger charge is -2.19. The molecule has 1 aliphatic heterocycles. The maximum absolute atomic E-state index is 12.0. The number of aryl methyl sites for hydroxylation is 1. The highest BCUT2D eigenvalue weighted by molar-refractivity contribution is 5.84. The van der Waals surface area contributed by atoms with Gasteiger partial charge in [-0.25, -0.2) is 4.79 Å². The van der Waals surface area contributed by atoms with Crippen LogP contribution < -0.4 is 5.63 Å². The van der Waals surface area contributed by atoms with E-state index in [0.717, 1.165) is 36.9 Å². The van der Waals surface area contributed by atoms with Crippen molar-refractivity contribution in [2.45, 2.75) is 32.4 Å². The molecule has 20 heavy (non-hydrogen) atoms. The summed E-state index contributed by atoms with van der Waals surface area (Å²) in [5.41, 5.74) is 0.807. The molecule has 1 atom stereocenters. The first kappa shape index (κ1) is 13.3. The fourth-order valence-corrected chi connectivity index (χ4v) is 2.86. The minimum Gasteiger partial charge on any atom is -0.427 e. The minimum absolute atomic E-state index is 0.275. The number of likely N-dealkylation sites (tertiary alicyclic amines) is 1. The van der Waals surface area contributed by atoms with Crippen LogP contribution in [0.3, 0.4) is 0 Å². The van der Waals surface area contributed by atoms with Gasteiger partial charge in [0, 0.05) is 19.5 Å². The largest absolute Gasteiger partial charge is 0.427 e. The molecule has 1 aliphatic rings. The highest BCUT2D eigenvalue weighted by atomic mass is 16.4. The Hall–Kier alpha value is -1.65. The van der Waals surface area contributed by atoms with Gasteiger partial charge in [0.15, 0.2) is 0 Å². The van der Waals surface area contributed by atoms with Gasteiger partial charge in [-0.3, -0.25) is 4.90 Å². The maximum Gasteiger partial charge on any atom is 0.343 e. The van der Waals surface area contributed by atoms with Gasteiger partial charge in [0.25, 0.3) is 0 Å². The van der Waals surface area contributed by atoms with Crippen LogP contribution in [0.25, 0.3) is 10.8 Å². The Balaban J connectivity index is 1.85. The smallest absolute Gasteiger partial charge is 0.343 e. The zero-order valence-electron chi connectivity index (χ0n) is 11.6. The summed E-state index contributed by atoms with van der Waals surface area (Å²) in [4.78, 5) is 14.0. The SMILES string of the molecule is Cc1cccc2c(=O)oc(CCN3CCCC3O)cc12. The molecule has 0 amide bonds. The van der Waals surface area contributed by atoms with Crippen molar-refractivity contribution in [2.75, 3.05) is 13.1 Å². The van der Waals surface area contributed by atoms with Crippen molar-refractivity contribution in [2.24, 2.45) is 0 Å². The molecule has 3 rings (SSSR count). The van der Waals surface area contributed by atoms with E-state index in [9.17, 15) is 9.90 Å². The van der Waals surface area contributed by atoms with Crippen LogP contribution in [0.1, 0.15) is 24.2 Å². The fraction of sp³-hybridized carbons (Fsp3) is 0.438. The normalized spacial score (nSPS) is 19.8. The Bertz CT molecular complexity index is 677. The maximum atomic E-state index is 12.0. The van der Waals surface area contributed by atoms with Crippen LogP contribution in [-0.4, -0.2) is 29.3 Å². The molecular formula is C16H19NO3. The highest BCUT2D eigenvalue weighted by Gasteiger charge is 2.21. The van der Waals surface area contributed by atoms with E-state index >= 15 is 0 Å². The van der Waals surface area contributed by atoms with Gasteiger partial charge in [-0.05, 0) is 42.8 Å². The quantitative estimate of drug-likeness (QED) is 0.930. The molecule has 2 heterocycles. The average Bonchev–Trinajstić information content (AvgIpc) is 2.83. The molecule has 0 saturated carbocycles. The zero-order chi connectivity index (χ0) is 14.1. The number of hydrogen-bond acceptors (Lipinski definition) is 4. The molecule has 1 fully saturated rings. The van der Waals surface area contributed by atoms with E-state index in [1.807, 2.05) is 30.0 Å². The predicted octanol–water partition coefficient (Wildman–Crippen LogP) is 2.06.